The summed E-state index contributed by atoms with van der Waals surface area (Å²) >= 11 is 5.31. The summed E-state index contributed by atoms with van der Waals surface area (Å²) in [5, 5.41) is 7.69. The van der Waals surface area contributed by atoms with Crippen molar-refractivity contribution in [3.8, 4) is 17.2 Å². The van der Waals surface area contributed by atoms with Gasteiger partial charge in [-0.3, -0.25) is 10.1 Å². The number of methoxy groups -OCH3 is 3. The van der Waals surface area contributed by atoms with Crippen LogP contribution in [0.4, 0.5) is 5.69 Å². The van der Waals surface area contributed by atoms with E-state index in [2.05, 4.69) is 10.6 Å². The van der Waals surface area contributed by atoms with E-state index in [1.54, 1.807) is 45.6 Å². The predicted octanol–water partition coefficient (Wildman–Crippen LogP) is 5.14. The first-order chi connectivity index (χ1) is 16.0. The van der Waals surface area contributed by atoms with Gasteiger partial charge in [-0.1, -0.05) is 24.3 Å². The second kappa shape index (κ2) is 9.62. The molecule has 0 atom stereocenters. The van der Waals surface area contributed by atoms with Crippen molar-refractivity contribution in [2.75, 3.05) is 26.6 Å². The van der Waals surface area contributed by atoms with Gasteiger partial charge in [0.2, 0.25) is 5.91 Å². The molecule has 0 radical (unpaired) electrons. The third kappa shape index (κ3) is 4.75. The third-order valence-electron chi connectivity index (χ3n) is 5.02. The number of para-hydroxylation sites is 1. The van der Waals surface area contributed by atoms with Crippen LogP contribution in [0.25, 0.3) is 28.0 Å². The minimum Gasteiger partial charge on any atom is -0.495 e. The topological polar surface area (TPSA) is 82.0 Å². The van der Waals surface area contributed by atoms with Crippen LogP contribution in [0.15, 0.2) is 65.1 Å². The highest BCUT2D eigenvalue weighted by atomic mass is 32.1. The highest BCUT2D eigenvalue weighted by Crippen LogP contribution is 2.36. The normalized spacial score (nSPS) is 11.0. The Morgan fingerprint density at radius 1 is 0.879 bits per heavy atom. The van der Waals surface area contributed by atoms with Gasteiger partial charge in [-0.25, -0.2) is 0 Å². The van der Waals surface area contributed by atoms with E-state index in [1.165, 1.54) is 6.08 Å². The number of carbonyl (C=O) groups excluding carboxylic acids is 1. The summed E-state index contributed by atoms with van der Waals surface area (Å²) < 4.78 is 21.9. The molecule has 33 heavy (non-hydrogen) atoms. The fourth-order valence-corrected chi connectivity index (χ4v) is 3.66. The average Bonchev–Trinajstić information content (AvgIpc) is 3.19. The first-order valence-electron chi connectivity index (χ1n) is 10.0. The van der Waals surface area contributed by atoms with E-state index >= 15 is 0 Å². The van der Waals surface area contributed by atoms with E-state index < -0.39 is 0 Å². The van der Waals surface area contributed by atoms with Crippen LogP contribution in [0.2, 0.25) is 0 Å². The summed E-state index contributed by atoms with van der Waals surface area (Å²) in [6, 6.07) is 16.8. The first kappa shape index (κ1) is 22.2. The number of furan rings is 1. The van der Waals surface area contributed by atoms with Crippen molar-refractivity contribution in [2.24, 2.45) is 0 Å². The van der Waals surface area contributed by atoms with Crippen molar-refractivity contribution >= 4 is 56.9 Å². The number of hydrogen-bond acceptors (Lipinski definition) is 6. The van der Waals surface area contributed by atoms with Crippen molar-refractivity contribution in [3.63, 3.8) is 0 Å². The van der Waals surface area contributed by atoms with E-state index in [4.69, 9.17) is 30.8 Å². The quantitative estimate of drug-likeness (QED) is 0.303. The molecule has 1 heterocycles. The number of amides is 1. The van der Waals surface area contributed by atoms with Crippen LogP contribution in [0.3, 0.4) is 0 Å². The Kier molecular flexibility index (Phi) is 6.46. The second-order valence-corrected chi connectivity index (χ2v) is 7.45. The lowest BCUT2D eigenvalue weighted by atomic mass is 10.1. The van der Waals surface area contributed by atoms with Crippen LogP contribution in [0, 0.1) is 0 Å². The van der Waals surface area contributed by atoms with E-state index in [-0.39, 0.29) is 11.0 Å². The van der Waals surface area contributed by atoms with Crippen molar-refractivity contribution in [2.45, 2.75) is 0 Å². The number of ether oxygens (including phenoxy) is 3. The largest absolute Gasteiger partial charge is 0.495 e. The molecule has 7 nitrogen and oxygen atoms in total. The van der Waals surface area contributed by atoms with Crippen molar-refractivity contribution in [1.29, 1.82) is 0 Å². The molecule has 0 aliphatic heterocycles. The summed E-state index contributed by atoms with van der Waals surface area (Å²) in [5.41, 5.74) is 2.82. The molecule has 1 amide bonds. The van der Waals surface area contributed by atoms with Gasteiger partial charge in [-0.2, -0.15) is 0 Å². The molecule has 8 heteroatoms. The highest BCUT2D eigenvalue weighted by molar-refractivity contribution is 7.80. The Balaban J connectivity index is 1.47. The maximum absolute atomic E-state index is 12.3. The van der Waals surface area contributed by atoms with Crippen LogP contribution in [0.5, 0.6) is 17.2 Å². The monoisotopic (exact) mass is 462 g/mol. The minimum absolute atomic E-state index is 0.130. The third-order valence-corrected chi connectivity index (χ3v) is 5.22. The summed E-state index contributed by atoms with van der Waals surface area (Å²) in [4.78, 5) is 12.3. The van der Waals surface area contributed by atoms with Crippen molar-refractivity contribution in [3.05, 3.63) is 66.2 Å². The lowest BCUT2D eigenvalue weighted by Gasteiger charge is -2.12. The molecule has 0 saturated heterocycles. The zero-order valence-corrected chi connectivity index (χ0v) is 19.1. The number of carbonyl (C=O) groups is 1. The Morgan fingerprint density at radius 3 is 2.39 bits per heavy atom. The Hall–Kier alpha value is -4.04. The lowest BCUT2D eigenvalue weighted by Crippen LogP contribution is -2.32. The fraction of sp³-hybridized carbons (Fsp3) is 0.120. The summed E-state index contributed by atoms with van der Waals surface area (Å²) in [6.45, 7) is 0. The fourth-order valence-electron chi connectivity index (χ4n) is 3.45. The number of rotatable bonds is 6. The molecule has 4 rings (SSSR count). The van der Waals surface area contributed by atoms with Crippen LogP contribution in [0.1, 0.15) is 5.56 Å². The smallest absolute Gasteiger partial charge is 0.250 e. The summed E-state index contributed by atoms with van der Waals surface area (Å²) in [5.74, 6) is 1.38. The molecule has 3 aromatic carbocycles. The Labute approximate surface area is 195 Å². The number of fused-ring (bicyclic) bond motifs is 3. The van der Waals surface area contributed by atoms with Crippen molar-refractivity contribution < 1.29 is 23.4 Å². The molecule has 0 spiro atoms. The predicted molar refractivity (Wildman–Crippen MR) is 133 cm³/mol. The van der Waals surface area contributed by atoms with Crippen LogP contribution in [-0.4, -0.2) is 32.3 Å². The van der Waals surface area contributed by atoms with Gasteiger partial charge >= 0.3 is 0 Å². The number of hydrogen-bond donors (Lipinski definition) is 2. The van der Waals surface area contributed by atoms with Gasteiger partial charge in [-0.15, -0.1) is 0 Å². The van der Waals surface area contributed by atoms with Gasteiger partial charge in [0.05, 0.1) is 27.0 Å². The van der Waals surface area contributed by atoms with E-state index in [1.807, 2.05) is 36.4 Å². The molecular formula is C25H22N2O5S. The minimum atomic E-state index is -0.383. The number of benzene rings is 3. The molecule has 0 bridgehead atoms. The number of anilines is 1. The van der Waals surface area contributed by atoms with Gasteiger partial charge in [0, 0.05) is 22.9 Å². The molecule has 0 fully saturated rings. The molecule has 0 aliphatic carbocycles. The first-order valence-corrected chi connectivity index (χ1v) is 10.4. The Bertz CT molecular complexity index is 1380. The summed E-state index contributed by atoms with van der Waals surface area (Å²) in [6.07, 6.45) is 3.04. The standard InChI is InChI=1S/C25H22N2O5S/c1-29-20-10-8-15(12-23(20)31-3)9-11-24(28)27-25(33)26-18-14-21-17(13-22(18)30-2)16-6-4-5-7-19(16)32-21/h4-14H,1-3H3,(H2,26,27,28,33). The second-order valence-electron chi connectivity index (χ2n) is 7.04. The van der Waals surface area contributed by atoms with E-state index in [0.29, 0.717) is 28.5 Å². The maximum Gasteiger partial charge on any atom is 0.250 e. The van der Waals surface area contributed by atoms with Gasteiger partial charge in [0.1, 0.15) is 16.9 Å². The van der Waals surface area contributed by atoms with Crippen LogP contribution < -0.4 is 24.8 Å². The van der Waals surface area contributed by atoms with Gasteiger partial charge in [0.15, 0.2) is 16.6 Å². The molecule has 1 aromatic heterocycles. The molecule has 0 unspecified atom stereocenters. The number of nitrogens with one attached hydrogen (secondary N) is 2. The average molecular weight is 463 g/mol. The van der Waals surface area contributed by atoms with Crippen LogP contribution in [-0.2, 0) is 4.79 Å². The van der Waals surface area contributed by atoms with Crippen LogP contribution >= 0.6 is 12.2 Å². The zero-order chi connectivity index (χ0) is 23.4. The zero-order valence-electron chi connectivity index (χ0n) is 18.3. The summed E-state index contributed by atoms with van der Waals surface area (Å²) in [7, 11) is 4.69. The molecule has 4 aromatic rings. The Morgan fingerprint density at radius 2 is 1.64 bits per heavy atom. The SMILES string of the molecule is COc1cc2c(cc1NC(=S)NC(=O)C=Cc1ccc(OC)c(OC)c1)oc1ccccc12. The molecule has 168 valence electrons. The molecule has 2 N–H and O–H groups in total. The van der Waals surface area contributed by atoms with Gasteiger partial charge in [-0.05, 0) is 48.1 Å². The molecular weight excluding hydrogens is 440 g/mol. The molecule has 0 aliphatic rings. The van der Waals surface area contributed by atoms with Gasteiger partial charge in [0.25, 0.3) is 0 Å². The molecule has 0 saturated carbocycles. The van der Waals surface area contributed by atoms with E-state index in [0.717, 1.165) is 21.9 Å². The highest BCUT2D eigenvalue weighted by Gasteiger charge is 2.13. The number of thiocarbonyl (C=S) groups is 1. The van der Waals surface area contributed by atoms with Crippen molar-refractivity contribution in [1.82, 2.24) is 5.32 Å². The maximum atomic E-state index is 12.3. The lowest BCUT2D eigenvalue weighted by molar-refractivity contribution is -0.115. The van der Waals surface area contributed by atoms with Gasteiger partial charge < -0.3 is 23.9 Å². The van der Waals surface area contributed by atoms with E-state index in [9.17, 15) is 4.79 Å².